The molecule has 286 valence electrons. The average Bonchev–Trinajstić information content (AvgIpc) is 4.02. The molecule has 0 spiro atoms. The summed E-state index contributed by atoms with van der Waals surface area (Å²) in [6.07, 6.45) is 0. The summed E-state index contributed by atoms with van der Waals surface area (Å²) in [4.78, 5) is 0.984. The van der Waals surface area contributed by atoms with Gasteiger partial charge in [-0.15, -0.1) is 0 Å². The molecule has 3 heteroatoms. The molecule has 2 aromatic heterocycles. The lowest BCUT2D eigenvalue weighted by Crippen LogP contribution is -2.09. The maximum Gasteiger partial charge on any atom is 0.137 e. The molecule has 0 atom stereocenters. The first-order chi connectivity index (χ1) is 37.8. The Hall–Kier alpha value is -8.14. The Kier molecular flexibility index (Phi) is 4.97. The molecular weight excluding hydrogens is 741 g/mol. The summed E-state index contributed by atoms with van der Waals surface area (Å²) in [5.74, 6) is 0. The van der Waals surface area contributed by atoms with Crippen LogP contribution in [0.1, 0.15) is 24.7 Å². The Bertz CT molecular complexity index is 4410. The number of para-hydroxylation sites is 2. The van der Waals surface area contributed by atoms with Crippen molar-refractivity contribution in [1.82, 2.24) is 4.57 Å². The van der Waals surface area contributed by atoms with Crippen LogP contribution >= 0.6 is 0 Å². The van der Waals surface area contributed by atoms with Crippen LogP contribution in [0.2, 0.25) is 0 Å². The van der Waals surface area contributed by atoms with Crippen molar-refractivity contribution in [2.24, 2.45) is 0 Å². The quantitative estimate of drug-likeness (QED) is 0.160. The first-order valence-electron chi connectivity index (χ1n) is 28.4. The molecule has 12 rings (SSSR count). The third kappa shape index (κ3) is 5.82. The van der Waals surface area contributed by atoms with Crippen LogP contribution in [0.4, 0.5) is 17.1 Å². The van der Waals surface area contributed by atoms with Crippen LogP contribution in [0.15, 0.2) is 235 Å². The van der Waals surface area contributed by atoms with E-state index in [0.717, 1.165) is 54.3 Å². The minimum absolute atomic E-state index is 0.0534. The maximum atomic E-state index is 9.56. The number of hydrogen-bond acceptors (Lipinski definition) is 2. The van der Waals surface area contributed by atoms with E-state index >= 15 is 0 Å². The molecule has 3 nitrogen and oxygen atoms in total. The number of aromatic nitrogens is 1. The maximum absolute atomic E-state index is 9.56. The fourth-order valence-electron chi connectivity index (χ4n) is 8.29. The molecule has 0 fully saturated rings. The van der Waals surface area contributed by atoms with Crippen molar-refractivity contribution in [3.05, 3.63) is 230 Å². The van der Waals surface area contributed by atoms with Crippen LogP contribution in [0.3, 0.4) is 0 Å². The molecule has 0 saturated carbocycles. The Morgan fingerprint density at radius 3 is 1.62 bits per heavy atom. The minimum atomic E-state index is -0.865. The molecule has 0 radical (unpaired) electrons. The van der Waals surface area contributed by atoms with Crippen molar-refractivity contribution in [3.63, 3.8) is 0 Å². The fraction of sp³-hybridized carbons (Fsp3) is 0. The van der Waals surface area contributed by atoms with Crippen LogP contribution in [0.25, 0.3) is 93.6 Å². The molecule has 2 heterocycles. The van der Waals surface area contributed by atoms with Crippen molar-refractivity contribution in [1.29, 1.82) is 0 Å². The van der Waals surface area contributed by atoms with Gasteiger partial charge in [-0.05, 0) is 111 Å². The number of anilines is 3. The standard InChI is InChI=1S/C58H38N2O/c1-4-15-39(16-5-1)41-27-31-44(32-28-41)59(45-33-29-42(30-34-45)40-17-6-2-7-18-40)46-35-36-51-55(37-46)61-56-38-52(47-21-10-11-22-48(47)58(51)56)49-24-14-26-54-57(49)50-23-12-13-25-53(50)60(54)43-19-8-3-9-20-43/h1-38H/i1D,2D,4D,5D,6D,7D,15D,16D,17D,18D,27D,28D,29D,30D,31D,32D,33D,34D. The molecule has 61 heavy (non-hydrogen) atoms. The monoisotopic (exact) mass is 796 g/mol. The topological polar surface area (TPSA) is 21.3 Å². The van der Waals surface area contributed by atoms with Crippen LogP contribution in [-0.2, 0) is 0 Å². The van der Waals surface area contributed by atoms with Gasteiger partial charge in [0.25, 0.3) is 0 Å². The zero-order valence-corrected chi connectivity index (χ0v) is 31.8. The summed E-state index contributed by atoms with van der Waals surface area (Å²) in [5.41, 5.74) is 1.64. The Morgan fingerprint density at radius 2 is 0.951 bits per heavy atom. The second-order valence-electron chi connectivity index (χ2n) is 14.3. The largest absolute Gasteiger partial charge is 0.456 e. The van der Waals surface area contributed by atoms with Gasteiger partial charge in [0.15, 0.2) is 0 Å². The van der Waals surface area contributed by atoms with Gasteiger partial charge < -0.3 is 13.9 Å². The molecule has 0 aliphatic rings. The van der Waals surface area contributed by atoms with Gasteiger partial charge in [-0.25, -0.2) is 0 Å². The summed E-state index contributed by atoms with van der Waals surface area (Å²) in [6.45, 7) is 0. The molecule has 12 aromatic rings. The minimum Gasteiger partial charge on any atom is -0.456 e. The molecule has 0 saturated heterocycles. The van der Waals surface area contributed by atoms with Crippen LogP contribution in [0, 0.1) is 0 Å². The van der Waals surface area contributed by atoms with Gasteiger partial charge in [0.05, 0.1) is 35.7 Å². The molecule has 0 amide bonds. The third-order valence-corrected chi connectivity index (χ3v) is 10.9. The molecule has 10 aromatic carbocycles. The highest BCUT2D eigenvalue weighted by Gasteiger charge is 2.21. The predicted octanol–water partition coefficient (Wildman–Crippen LogP) is 16.3. The van der Waals surface area contributed by atoms with Gasteiger partial charge in [0, 0.05) is 50.4 Å². The highest BCUT2D eigenvalue weighted by molar-refractivity contribution is 6.25. The summed E-state index contributed by atoms with van der Waals surface area (Å²) in [6, 6.07) is 24.2. The van der Waals surface area contributed by atoms with Crippen LogP contribution in [-0.4, -0.2) is 4.57 Å². The SMILES string of the molecule is [2H]c1c([2H])c([2H])c(-c2c([2H])c([2H])c(N(c3ccc4c(c3)oc3cc(-c5cccc6c5c5ccccc5n6-c5ccccc5)c5ccccc5c34)c3c([2H])c([2H])c(-c4c([2H])c([2H])c([2H])c([2H])c4[2H])c([2H])c3[2H])c([2H])c2[2H])c([2H])c1[2H]. The molecule has 0 bridgehead atoms. The lowest BCUT2D eigenvalue weighted by molar-refractivity contribution is 0.669. The van der Waals surface area contributed by atoms with Crippen molar-refractivity contribution in [2.45, 2.75) is 0 Å². The zero-order valence-electron chi connectivity index (χ0n) is 49.8. The second-order valence-corrected chi connectivity index (χ2v) is 14.3. The fourth-order valence-corrected chi connectivity index (χ4v) is 8.29. The molecular formula is C58H38N2O. The highest BCUT2D eigenvalue weighted by Crippen LogP contribution is 2.46. The van der Waals surface area contributed by atoms with Crippen molar-refractivity contribution in [2.75, 3.05) is 4.90 Å². The molecule has 0 unspecified atom stereocenters. The van der Waals surface area contributed by atoms with Gasteiger partial charge in [-0.1, -0.05) is 157 Å². The number of nitrogens with zero attached hydrogens (tertiary/aromatic N) is 2. The number of furan rings is 1. The first-order valence-corrected chi connectivity index (χ1v) is 19.4. The molecule has 0 aliphatic heterocycles. The predicted molar refractivity (Wildman–Crippen MR) is 257 cm³/mol. The van der Waals surface area contributed by atoms with E-state index in [0.29, 0.717) is 16.4 Å². The van der Waals surface area contributed by atoms with Crippen molar-refractivity contribution < 1.29 is 29.1 Å². The summed E-state index contributed by atoms with van der Waals surface area (Å²) in [5, 5.41) is 5.07. The Labute approximate surface area is 378 Å². The molecule has 0 aliphatic carbocycles. The Balaban J connectivity index is 1.13. The summed E-state index contributed by atoms with van der Waals surface area (Å²) < 4.78 is 169. The third-order valence-electron chi connectivity index (χ3n) is 10.9. The van der Waals surface area contributed by atoms with Crippen LogP contribution in [0.5, 0.6) is 0 Å². The smallest absolute Gasteiger partial charge is 0.137 e. The molecule has 0 N–H and O–H groups in total. The van der Waals surface area contributed by atoms with E-state index < -0.39 is 142 Å². The van der Waals surface area contributed by atoms with E-state index in [9.17, 15) is 11.0 Å². The zero-order chi connectivity index (χ0) is 55.9. The van der Waals surface area contributed by atoms with Gasteiger partial charge in [-0.3, -0.25) is 0 Å². The van der Waals surface area contributed by atoms with E-state index in [2.05, 4.69) is 41.0 Å². The van der Waals surface area contributed by atoms with E-state index in [1.54, 1.807) is 6.07 Å². The average molecular weight is 797 g/mol. The lowest BCUT2D eigenvalue weighted by Gasteiger charge is -2.26. The summed E-state index contributed by atoms with van der Waals surface area (Å²) in [7, 11) is 0. The number of benzene rings is 10. The van der Waals surface area contributed by atoms with Crippen molar-refractivity contribution >= 4 is 71.6 Å². The summed E-state index contributed by atoms with van der Waals surface area (Å²) >= 11 is 0. The van der Waals surface area contributed by atoms with Crippen molar-refractivity contribution in [3.8, 4) is 39.1 Å². The van der Waals surface area contributed by atoms with Gasteiger partial charge in [0.2, 0.25) is 0 Å². The second kappa shape index (κ2) is 14.3. The van der Waals surface area contributed by atoms with Crippen LogP contribution < -0.4 is 4.90 Å². The van der Waals surface area contributed by atoms with E-state index in [1.165, 1.54) is 12.1 Å². The number of fused-ring (bicyclic) bond motifs is 8. The van der Waals surface area contributed by atoms with Gasteiger partial charge in [-0.2, -0.15) is 0 Å². The van der Waals surface area contributed by atoms with Gasteiger partial charge in [0.1, 0.15) is 11.2 Å². The number of rotatable bonds is 7. The van der Waals surface area contributed by atoms with Gasteiger partial charge >= 0.3 is 0 Å². The van der Waals surface area contributed by atoms with E-state index in [1.807, 2.05) is 66.7 Å². The first kappa shape index (κ1) is 21.2. The van der Waals surface area contributed by atoms with E-state index in [4.69, 9.17) is 18.1 Å². The Morgan fingerprint density at radius 1 is 0.377 bits per heavy atom. The van der Waals surface area contributed by atoms with E-state index in [-0.39, 0.29) is 11.3 Å². The lowest BCUT2D eigenvalue weighted by atomic mass is 9.92. The highest BCUT2D eigenvalue weighted by atomic mass is 16.3. The number of hydrogen-bond donors (Lipinski definition) is 0. The normalized spacial score (nSPS) is 15.7.